The maximum Gasteiger partial charge on any atom is 0.333 e. The maximum absolute atomic E-state index is 13.4. The number of fused-ring (bicyclic) bond motifs is 3. The lowest BCUT2D eigenvalue weighted by Gasteiger charge is -2.22. The second-order valence-corrected chi connectivity index (χ2v) is 9.62. The van der Waals surface area contributed by atoms with Gasteiger partial charge in [-0.25, -0.2) is 4.79 Å². The molecule has 0 spiro atoms. The van der Waals surface area contributed by atoms with Gasteiger partial charge in [-0.3, -0.25) is 14.1 Å². The maximum atomic E-state index is 13.4. The number of aromatic nitrogens is 3. The molecule has 188 valence electrons. The van der Waals surface area contributed by atoms with Crippen molar-refractivity contribution < 1.29 is 9.47 Å². The SMILES string of the molecule is COCCOc1cncc(-c2ccc3c(c2)-c2c(n(C)c(=O)n2-c2ccc(C(C)(C)C#N)cc2)CN3)c1. The number of ether oxygens (including phenoxy) is 2. The molecule has 0 aliphatic carbocycles. The summed E-state index contributed by atoms with van der Waals surface area (Å²) in [4.78, 5) is 17.8. The van der Waals surface area contributed by atoms with Crippen molar-refractivity contribution in [3.05, 3.63) is 82.7 Å². The van der Waals surface area contributed by atoms with Crippen molar-refractivity contribution in [2.45, 2.75) is 25.8 Å². The number of rotatable bonds is 7. The Morgan fingerprint density at radius 2 is 1.86 bits per heavy atom. The van der Waals surface area contributed by atoms with Crippen LogP contribution in [0.4, 0.5) is 5.69 Å². The van der Waals surface area contributed by atoms with Crippen molar-refractivity contribution in [2.24, 2.45) is 7.05 Å². The second-order valence-electron chi connectivity index (χ2n) is 9.62. The van der Waals surface area contributed by atoms with E-state index >= 15 is 0 Å². The number of hydrogen-bond donors (Lipinski definition) is 1. The third-order valence-electron chi connectivity index (χ3n) is 6.83. The smallest absolute Gasteiger partial charge is 0.333 e. The zero-order valence-electron chi connectivity index (χ0n) is 21.4. The topological polar surface area (TPSA) is 94.1 Å². The molecule has 0 bridgehead atoms. The molecule has 0 unspecified atom stereocenters. The average Bonchev–Trinajstić information content (AvgIpc) is 3.18. The van der Waals surface area contributed by atoms with Crippen LogP contribution in [0, 0.1) is 11.3 Å². The van der Waals surface area contributed by atoms with Gasteiger partial charge in [0.05, 0.1) is 47.9 Å². The quantitative estimate of drug-likeness (QED) is 0.375. The molecular formula is C29H29N5O3. The van der Waals surface area contributed by atoms with Gasteiger partial charge < -0.3 is 14.8 Å². The van der Waals surface area contributed by atoms with Gasteiger partial charge in [0.2, 0.25) is 0 Å². The van der Waals surface area contributed by atoms with Gasteiger partial charge in [-0.2, -0.15) is 5.26 Å². The van der Waals surface area contributed by atoms with Crippen LogP contribution < -0.4 is 15.7 Å². The highest BCUT2D eigenvalue weighted by Gasteiger charge is 2.27. The highest BCUT2D eigenvalue weighted by Crippen LogP contribution is 2.39. The number of imidazole rings is 1. The van der Waals surface area contributed by atoms with Crippen LogP contribution in [0.25, 0.3) is 28.1 Å². The largest absolute Gasteiger partial charge is 0.490 e. The van der Waals surface area contributed by atoms with Crippen LogP contribution in [0.2, 0.25) is 0 Å². The van der Waals surface area contributed by atoms with E-state index in [4.69, 9.17) is 9.47 Å². The monoisotopic (exact) mass is 495 g/mol. The number of pyridine rings is 1. The first kappa shape index (κ1) is 24.3. The molecule has 1 aliphatic heterocycles. The molecule has 37 heavy (non-hydrogen) atoms. The van der Waals surface area contributed by atoms with E-state index in [0.29, 0.717) is 25.5 Å². The van der Waals surface area contributed by atoms with E-state index in [1.165, 1.54) is 0 Å². The van der Waals surface area contributed by atoms with Crippen LogP contribution in [-0.2, 0) is 23.7 Å². The molecule has 8 nitrogen and oxygen atoms in total. The number of nitrogens with zero attached hydrogens (tertiary/aromatic N) is 4. The minimum atomic E-state index is -0.610. The third kappa shape index (κ3) is 4.39. The number of nitriles is 1. The number of nitrogens with one attached hydrogen (secondary N) is 1. The van der Waals surface area contributed by atoms with Crippen molar-refractivity contribution in [2.75, 3.05) is 25.6 Å². The first-order valence-electron chi connectivity index (χ1n) is 12.1. The van der Waals surface area contributed by atoms with Gasteiger partial charge in [-0.15, -0.1) is 0 Å². The van der Waals surface area contributed by atoms with Crippen LogP contribution in [0.1, 0.15) is 25.1 Å². The molecule has 4 aromatic rings. The van der Waals surface area contributed by atoms with Gasteiger partial charge in [-0.05, 0) is 55.3 Å². The van der Waals surface area contributed by atoms with E-state index in [-0.39, 0.29) is 5.69 Å². The normalized spacial score (nSPS) is 12.3. The number of anilines is 1. The Bertz CT molecular complexity index is 1560. The fourth-order valence-electron chi connectivity index (χ4n) is 4.61. The van der Waals surface area contributed by atoms with Gasteiger partial charge in [0.15, 0.2) is 0 Å². The predicted molar refractivity (Wildman–Crippen MR) is 143 cm³/mol. The van der Waals surface area contributed by atoms with E-state index in [2.05, 4.69) is 22.4 Å². The van der Waals surface area contributed by atoms with Crippen LogP contribution in [0.5, 0.6) is 5.75 Å². The van der Waals surface area contributed by atoms with Gasteiger partial charge in [0.1, 0.15) is 12.4 Å². The molecule has 2 aromatic heterocycles. The first-order valence-corrected chi connectivity index (χ1v) is 12.1. The predicted octanol–water partition coefficient (Wildman–Crippen LogP) is 4.66. The van der Waals surface area contributed by atoms with E-state index in [1.54, 1.807) is 35.7 Å². The summed E-state index contributed by atoms with van der Waals surface area (Å²) in [5, 5.41) is 13.0. The first-order chi connectivity index (χ1) is 17.8. The molecule has 5 rings (SSSR count). The molecule has 2 aromatic carbocycles. The van der Waals surface area contributed by atoms with Gasteiger partial charge in [0, 0.05) is 37.2 Å². The summed E-state index contributed by atoms with van der Waals surface area (Å²) >= 11 is 0. The zero-order chi connectivity index (χ0) is 26.2. The molecule has 0 atom stereocenters. The Balaban J connectivity index is 1.60. The Labute approximate surface area is 215 Å². The zero-order valence-corrected chi connectivity index (χ0v) is 21.4. The third-order valence-corrected chi connectivity index (χ3v) is 6.83. The molecule has 3 heterocycles. The molecule has 0 amide bonds. The van der Waals surface area contributed by atoms with E-state index in [0.717, 1.165) is 45.0 Å². The minimum absolute atomic E-state index is 0.118. The Morgan fingerprint density at radius 3 is 2.59 bits per heavy atom. The molecule has 8 heteroatoms. The molecule has 0 saturated carbocycles. The van der Waals surface area contributed by atoms with Crippen molar-refractivity contribution in [1.29, 1.82) is 5.26 Å². The summed E-state index contributed by atoms with van der Waals surface area (Å²) in [6.07, 6.45) is 3.49. The second kappa shape index (κ2) is 9.60. The summed E-state index contributed by atoms with van der Waals surface area (Å²) in [6.45, 7) is 5.26. The summed E-state index contributed by atoms with van der Waals surface area (Å²) in [5.41, 5.74) is 6.47. The summed E-state index contributed by atoms with van der Waals surface area (Å²) in [5.74, 6) is 0.670. The molecule has 1 aliphatic rings. The average molecular weight is 496 g/mol. The number of hydrogen-bond acceptors (Lipinski definition) is 6. The number of benzene rings is 2. The lowest BCUT2D eigenvalue weighted by atomic mass is 9.86. The molecule has 0 fully saturated rings. The van der Waals surface area contributed by atoms with E-state index < -0.39 is 5.41 Å². The van der Waals surface area contributed by atoms with Crippen LogP contribution in [0.15, 0.2) is 65.7 Å². The molecule has 1 N–H and O–H groups in total. The van der Waals surface area contributed by atoms with Crippen molar-refractivity contribution in [1.82, 2.24) is 14.1 Å². The van der Waals surface area contributed by atoms with E-state index in [1.807, 2.05) is 56.3 Å². The van der Waals surface area contributed by atoms with Crippen LogP contribution in [-0.4, -0.2) is 34.4 Å². The lowest BCUT2D eigenvalue weighted by Crippen LogP contribution is -2.22. The summed E-state index contributed by atoms with van der Waals surface area (Å²) < 4.78 is 14.3. The Hall–Kier alpha value is -4.35. The fraction of sp³-hybridized carbons (Fsp3) is 0.276. The molecule has 0 radical (unpaired) electrons. The molecule has 0 saturated heterocycles. The van der Waals surface area contributed by atoms with Crippen LogP contribution >= 0.6 is 0 Å². The summed E-state index contributed by atoms with van der Waals surface area (Å²) in [7, 11) is 3.43. The lowest BCUT2D eigenvalue weighted by molar-refractivity contribution is 0.146. The van der Waals surface area contributed by atoms with Gasteiger partial charge in [0.25, 0.3) is 0 Å². The minimum Gasteiger partial charge on any atom is -0.490 e. The van der Waals surface area contributed by atoms with Gasteiger partial charge in [-0.1, -0.05) is 18.2 Å². The highest BCUT2D eigenvalue weighted by molar-refractivity contribution is 5.85. The van der Waals surface area contributed by atoms with E-state index in [9.17, 15) is 10.1 Å². The standard InChI is InChI=1S/C29H29N5O3/c1-29(2,18-30)21-6-8-22(9-7-21)34-27-24-14-19(20-13-23(16-31-15-20)37-12-11-36-4)5-10-25(24)32-17-26(27)33(3)28(34)35/h5-10,13-16,32H,11-12,17H2,1-4H3. The molecular weight excluding hydrogens is 466 g/mol. The van der Waals surface area contributed by atoms with Gasteiger partial charge >= 0.3 is 5.69 Å². The van der Waals surface area contributed by atoms with Crippen molar-refractivity contribution in [3.8, 4) is 39.9 Å². The van der Waals surface area contributed by atoms with Crippen molar-refractivity contribution >= 4 is 5.69 Å². The number of methoxy groups -OCH3 is 1. The Morgan fingerprint density at radius 1 is 1.08 bits per heavy atom. The van der Waals surface area contributed by atoms with Crippen LogP contribution in [0.3, 0.4) is 0 Å². The summed E-state index contributed by atoms with van der Waals surface area (Å²) in [6, 6.07) is 18.1. The fourth-order valence-corrected chi connectivity index (χ4v) is 4.61. The highest BCUT2D eigenvalue weighted by atomic mass is 16.5. The van der Waals surface area contributed by atoms with Crippen molar-refractivity contribution in [3.63, 3.8) is 0 Å². The Kier molecular flexibility index (Phi) is 6.32.